The van der Waals surface area contributed by atoms with E-state index in [-0.39, 0.29) is 11.3 Å². The monoisotopic (exact) mass is 551 g/mol. The summed E-state index contributed by atoms with van der Waals surface area (Å²) in [7, 11) is 3.09. The Morgan fingerprint density at radius 2 is 1.69 bits per heavy atom. The van der Waals surface area contributed by atoms with Gasteiger partial charge in [0.1, 0.15) is 11.5 Å². The van der Waals surface area contributed by atoms with Gasteiger partial charge in [0.15, 0.2) is 11.5 Å². The number of Topliss-reactive ketones (excluding diaryl/α,β-unsaturated/α-hetero) is 1. The van der Waals surface area contributed by atoms with Gasteiger partial charge in [-0.3, -0.25) is 14.5 Å². The highest BCUT2D eigenvalue weighted by Crippen LogP contribution is 2.44. The second-order valence-corrected chi connectivity index (χ2v) is 9.03. The van der Waals surface area contributed by atoms with Crippen molar-refractivity contribution in [3.8, 4) is 17.2 Å². The first-order valence-corrected chi connectivity index (χ1v) is 12.1. The summed E-state index contributed by atoms with van der Waals surface area (Å²) >= 11 is 3.46. The number of ether oxygens (including phenoxy) is 3. The SMILES string of the molecule is CCOc1cc(C2/C(=C(/O)c3ccc(Br)c(C)c3)C(=O)C(=O)N2c2ccc(OC)cc2)ccc1OC. The first-order chi connectivity index (χ1) is 17.3. The largest absolute Gasteiger partial charge is 0.507 e. The molecule has 1 saturated heterocycles. The van der Waals surface area contributed by atoms with Crippen LogP contribution in [-0.4, -0.2) is 37.6 Å². The van der Waals surface area contributed by atoms with Gasteiger partial charge in [-0.2, -0.15) is 0 Å². The zero-order valence-electron chi connectivity index (χ0n) is 20.4. The van der Waals surface area contributed by atoms with Crippen molar-refractivity contribution in [3.05, 3.63) is 87.4 Å². The molecule has 8 heteroatoms. The van der Waals surface area contributed by atoms with Crippen molar-refractivity contribution in [2.75, 3.05) is 25.7 Å². The molecule has 186 valence electrons. The lowest BCUT2D eigenvalue weighted by Crippen LogP contribution is -2.29. The summed E-state index contributed by atoms with van der Waals surface area (Å²) in [6.45, 7) is 4.13. The van der Waals surface area contributed by atoms with Crippen LogP contribution in [0.5, 0.6) is 17.2 Å². The van der Waals surface area contributed by atoms with E-state index in [0.717, 1.165) is 10.0 Å². The molecule has 1 N–H and O–H groups in total. The minimum atomic E-state index is -0.896. The van der Waals surface area contributed by atoms with Crippen LogP contribution in [0.4, 0.5) is 5.69 Å². The smallest absolute Gasteiger partial charge is 0.300 e. The van der Waals surface area contributed by atoms with E-state index in [4.69, 9.17) is 14.2 Å². The number of halogens is 1. The van der Waals surface area contributed by atoms with Gasteiger partial charge in [0.25, 0.3) is 11.7 Å². The maximum atomic E-state index is 13.4. The molecule has 1 aliphatic heterocycles. The highest BCUT2D eigenvalue weighted by atomic mass is 79.9. The third kappa shape index (κ3) is 4.56. The lowest BCUT2D eigenvalue weighted by atomic mass is 9.94. The molecule has 0 radical (unpaired) electrons. The molecule has 1 aliphatic rings. The normalized spacial score (nSPS) is 16.8. The van der Waals surface area contributed by atoms with Crippen LogP contribution in [0, 0.1) is 6.92 Å². The number of methoxy groups -OCH3 is 2. The van der Waals surface area contributed by atoms with E-state index in [9.17, 15) is 14.7 Å². The summed E-state index contributed by atoms with van der Waals surface area (Å²) in [5.74, 6) is -0.168. The number of anilines is 1. The number of ketones is 1. The predicted molar refractivity (Wildman–Crippen MR) is 141 cm³/mol. The van der Waals surface area contributed by atoms with Crippen molar-refractivity contribution in [2.24, 2.45) is 0 Å². The zero-order valence-corrected chi connectivity index (χ0v) is 22.0. The van der Waals surface area contributed by atoms with E-state index >= 15 is 0 Å². The second kappa shape index (κ2) is 10.5. The maximum absolute atomic E-state index is 13.4. The molecule has 0 bridgehead atoms. The number of carbonyl (C=O) groups excluding carboxylic acids is 2. The minimum Gasteiger partial charge on any atom is -0.507 e. The molecule has 1 heterocycles. The van der Waals surface area contributed by atoms with E-state index in [2.05, 4.69) is 15.9 Å². The topological polar surface area (TPSA) is 85.3 Å². The summed E-state index contributed by atoms with van der Waals surface area (Å²) in [5, 5.41) is 11.4. The number of amides is 1. The standard InChI is InChI=1S/C28H26BrNO6/c1-5-36-23-15-17(7-13-22(23)35-4)25-24(26(31)18-6-12-21(29)16(2)14-18)27(32)28(33)30(25)19-8-10-20(34-3)11-9-19/h6-15,25,31H,5H2,1-4H3/b26-24-. The molecule has 4 rings (SSSR count). The second-order valence-electron chi connectivity index (χ2n) is 8.17. The van der Waals surface area contributed by atoms with Crippen molar-refractivity contribution in [3.63, 3.8) is 0 Å². The summed E-state index contributed by atoms with van der Waals surface area (Å²) in [6, 6.07) is 16.4. The minimum absolute atomic E-state index is 0.00911. The summed E-state index contributed by atoms with van der Waals surface area (Å²) in [4.78, 5) is 28.2. The van der Waals surface area contributed by atoms with Crippen molar-refractivity contribution in [2.45, 2.75) is 19.9 Å². The van der Waals surface area contributed by atoms with E-state index in [1.807, 2.05) is 13.8 Å². The van der Waals surface area contributed by atoms with Crippen LogP contribution < -0.4 is 19.1 Å². The lowest BCUT2D eigenvalue weighted by Gasteiger charge is -2.26. The zero-order chi connectivity index (χ0) is 26.0. The third-order valence-corrected chi connectivity index (χ3v) is 6.92. The number of hydrogen-bond donors (Lipinski definition) is 1. The summed E-state index contributed by atoms with van der Waals surface area (Å²) in [6.07, 6.45) is 0. The Hall–Kier alpha value is -3.78. The quantitative estimate of drug-likeness (QED) is 0.227. The maximum Gasteiger partial charge on any atom is 0.300 e. The van der Waals surface area contributed by atoms with Gasteiger partial charge in [-0.1, -0.05) is 28.1 Å². The molecule has 0 spiro atoms. The predicted octanol–water partition coefficient (Wildman–Crippen LogP) is 5.80. The Morgan fingerprint density at radius 3 is 2.31 bits per heavy atom. The Bertz CT molecular complexity index is 1350. The number of carbonyl (C=O) groups is 2. The molecule has 1 atom stereocenters. The molecule has 0 aliphatic carbocycles. The Kier molecular flexibility index (Phi) is 7.35. The average molecular weight is 552 g/mol. The third-order valence-electron chi connectivity index (χ3n) is 6.03. The van der Waals surface area contributed by atoms with Crippen LogP contribution >= 0.6 is 15.9 Å². The first kappa shape index (κ1) is 25.3. The van der Waals surface area contributed by atoms with Crippen LogP contribution in [-0.2, 0) is 9.59 Å². The fourth-order valence-electron chi connectivity index (χ4n) is 4.24. The molecular weight excluding hydrogens is 526 g/mol. The van der Waals surface area contributed by atoms with Crippen LogP contribution in [0.25, 0.3) is 5.76 Å². The molecule has 0 aromatic heterocycles. The highest BCUT2D eigenvalue weighted by molar-refractivity contribution is 9.10. The van der Waals surface area contributed by atoms with Gasteiger partial charge in [-0.05, 0) is 73.5 Å². The molecule has 7 nitrogen and oxygen atoms in total. The number of aliphatic hydroxyl groups excluding tert-OH is 1. The van der Waals surface area contributed by atoms with Gasteiger partial charge in [-0.15, -0.1) is 0 Å². The number of hydrogen-bond acceptors (Lipinski definition) is 6. The Labute approximate surface area is 218 Å². The number of aryl methyl sites for hydroxylation is 1. The van der Waals surface area contributed by atoms with Crippen molar-refractivity contribution in [1.29, 1.82) is 0 Å². The fourth-order valence-corrected chi connectivity index (χ4v) is 4.48. The molecule has 1 unspecified atom stereocenters. The molecule has 3 aromatic rings. The van der Waals surface area contributed by atoms with E-state index in [1.165, 1.54) is 12.0 Å². The molecular formula is C28H26BrNO6. The van der Waals surface area contributed by atoms with Crippen LogP contribution in [0.3, 0.4) is 0 Å². The van der Waals surface area contributed by atoms with Crippen molar-refractivity contribution < 1.29 is 28.9 Å². The summed E-state index contributed by atoms with van der Waals surface area (Å²) < 4.78 is 17.3. The molecule has 0 saturated carbocycles. The van der Waals surface area contributed by atoms with Crippen molar-refractivity contribution >= 4 is 39.1 Å². The van der Waals surface area contributed by atoms with Gasteiger partial charge in [0.05, 0.1) is 32.4 Å². The van der Waals surface area contributed by atoms with E-state index < -0.39 is 17.7 Å². The molecule has 1 amide bonds. The van der Waals surface area contributed by atoms with Gasteiger partial charge < -0.3 is 19.3 Å². The number of nitrogens with zero attached hydrogens (tertiary/aromatic N) is 1. The van der Waals surface area contributed by atoms with E-state index in [0.29, 0.717) is 40.7 Å². The van der Waals surface area contributed by atoms with Gasteiger partial charge >= 0.3 is 0 Å². The number of rotatable bonds is 7. The fraction of sp³-hybridized carbons (Fsp3) is 0.214. The lowest BCUT2D eigenvalue weighted by molar-refractivity contribution is -0.132. The van der Waals surface area contributed by atoms with E-state index in [1.54, 1.807) is 67.8 Å². The van der Waals surface area contributed by atoms with Crippen molar-refractivity contribution in [1.82, 2.24) is 0 Å². The highest BCUT2D eigenvalue weighted by Gasteiger charge is 2.47. The van der Waals surface area contributed by atoms with Crippen LogP contribution in [0.1, 0.15) is 29.7 Å². The van der Waals surface area contributed by atoms with Crippen LogP contribution in [0.2, 0.25) is 0 Å². The number of benzene rings is 3. The Balaban J connectivity index is 1.95. The summed E-state index contributed by atoms with van der Waals surface area (Å²) in [5.41, 5.74) is 2.38. The molecule has 36 heavy (non-hydrogen) atoms. The van der Waals surface area contributed by atoms with Crippen LogP contribution in [0.15, 0.2) is 70.7 Å². The average Bonchev–Trinajstić information content (AvgIpc) is 3.15. The van der Waals surface area contributed by atoms with Gasteiger partial charge in [0, 0.05) is 15.7 Å². The first-order valence-electron chi connectivity index (χ1n) is 11.3. The number of aliphatic hydroxyl groups is 1. The molecule has 3 aromatic carbocycles. The Morgan fingerprint density at radius 1 is 0.972 bits per heavy atom. The van der Waals surface area contributed by atoms with Gasteiger partial charge in [-0.25, -0.2) is 0 Å². The van der Waals surface area contributed by atoms with Gasteiger partial charge in [0.2, 0.25) is 0 Å². The molecule has 1 fully saturated rings.